The van der Waals surface area contributed by atoms with E-state index in [1.807, 2.05) is 6.92 Å². The van der Waals surface area contributed by atoms with Gasteiger partial charge in [-0.3, -0.25) is 4.79 Å². The largest absolute Gasteiger partial charge is 0.322 e. The van der Waals surface area contributed by atoms with Gasteiger partial charge < -0.3 is 4.84 Å². The summed E-state index contributed by atoms with van der Waals surface area (Å²) in [5, 5.41) is 6.74. The molecule has 1 rings (SSSR count). The van der Waals surface area contributed by atoms with Crippen LogP contribution in [0, 0.1) is 0 Å². The van der Waals surface area contributed by atoms with E-state index >= 15 is 0 Å². The minimum atomic E-state index is -0.140. The maximum Gasteiger partial charge on any atom is 0.322 e. The van der Waals surface area contributed by atoms with E-state index in [0.717, 1.165) is 11.3 Å². The van der Waals surface area contributed by atoms with Crippen LogP contribution in [0.1, 0.15) is 11.9 Å². The van der Waals surface area contributed by atoms with E-state index in [2.05, 4.69) is 15.7 Å². The van der Waals surface area contributed by atoms with Gasteiger partial charge in [0.05, 0.1) is 13.2 Å². The van der Waals surface area contributed by atoms with Crippen LogP contribution in [0.15, 0.2) is 4.79 Å². The molecule has 0 aliphatic rings. The van der Waals surface area contributed by atoms with Crippen molar-refractivity contribution in [3.63, 3.8) is 0 Å². The lowest BCUT2D eigenvalue weighted by atomic mass is 10.7. The monoisotopic (exact) mass is 175 g/mol. The van der Waals surface area contributed by atoms with E-state index in [-0.39, 0.29) is 4.87 Å². The van der Waals surface area contributed by atoms with Gasteiger partial charge in [-0.05, 0) is 6.92 Å². The second-order valence-electron chi connectivity index (χ2n) is 1.76. The number of hydrogen-bond acceptors (Lipinski definition) is 5. The molecule has 0 aliphatic carbocycles. The topological polar surface area (TPSA) is 67.0 Å². The molecule has 0 fully saturated rings. The number of hydrogen-bond donors (Lipinski definition) is 2. The summed E-state index contributed by atoms with van der Waals surface area (Å²) < 4.78 is 0. The van der Waals surface area contributed by atoms with Crippen molar-refractivity contribution in [3.8, 4) is 0 Å². The molecule has 1 heterocycles. The summed E-state index contributed by atoms with van der Waals surface area (Å²) in [6.45, 7) is 2.94. The van der Waals surface area contributed by atoms with Gasteiger partial charge in [-0.25, -0.2) is 5.10 Å². The summed E-state index contributed by atoms with van der Waals surface area (Å²) in [6, 6.07) is 0. The second kappa shape index (κ2) is 4.22. The number of nitrogens with zero attached hydrogens (tertiary/aromatic N) is 1. The molecule has 0 atom stereocenters. The van der Waals surface area contributed by atoms with Crippen molar-refractivity contribution in [1.82, 2.24) is 15.7 Å². The molecule has 6 heteroatoms. The molecular formula is C5H9N3O2S. The number of H-pyrrole nitrogens is 1. The Morgan fingerprint density at radius 1 is 1.82 bits per heavy atom. The van der Waals surface area contributed by atoms with Gasteiger partial charge in [-0.2, -0.15) is 10.6 Å². The summed E-state index contributed by atoms with van der Waals surface area (Å²) in [5.74, 6) is 0. The smallest absolute Gasteiger partial charge is 0.302 e. The minimum Gasteiger partial charge on any atom is -0.302 e. The van der Waals surface area contributed by atoms with Gasteiger partial charge in [-0.15, -0.1) is 0 Å². The highest BCUT2D eigenvalue weighted by molar-refractivity contribution is 7.08. The molecule has 11 heavy (non-hydrogen) atoms. The third-order valence-corrected chi connectivity index (χ3v) is 1.70. The van der Waals surface area contributed by atoms with Crippen molar-refractivity contribution >= 4 is 11.3 Å². The predicted molar refractivity (Wildman–Crippen MR) is 41.2 cm³/mol. The summed E-state index contributed by atoms with van der Waals surface area (Å²) in [6.07, 6.45) is 0. The van der Waals surface area contributed by atoms with E-state index in [9.17, 15) is 4.79 Å². The lowest BCUT2D eigenvalue weighted by Crippen LogP contribution is -2.13. The summed E-state index contributed by atoms with van der Waals surface area (Å²) in [4.78, 5) is 15.3. The van der Waals surface area contributed by atoms with Crippen LogP contribution in [0.4, 0.5) is 0 Å². The molecule has 62 valence electrons. The van der Waals surface area contributed by atoms with Gasteiger partial charge in [-0.1, -0.05) is 11.3 Å². The van der Waals surface area contributed by atoms with E-state index in [4.69, 9.17) is 4.84 Å². The molecule has 1 aromatic rings. The van der Waals surface area contributed by atoms with Crippen molar-refractivity contribution in [3.05, 3.63) is 14.7 Å². The molecule has 1 aromatic heterocycles. The van der Waals surface area contributed by atoms with E-state index < -0.39 is 0 Å². The molecule has 0 radical (unpaired) electrons. The maximum absolute atomic E-state index is 10.6. The standard InChI is InChI=1S/C5H9N3O2S/c1-2-10-6-3-4-7-8-5(9)11-4/h6H,2-3H2,1H3,(H,8,9). The van der Waals surface area contributed by atoms with E-state index in [0.29, 0.717) is 18.2 Å². The molecule has 0 saturated heterocycles. The van der Waals surface area contributed by atoms with Crippen LogP contribution in [-0.4, -0.2) is 16.8 Å². The predicted octanol–water partition coefficient (Wildman–Crippen LogP) is -0.128. The average Bonchev–Trinajstić information content (AvgIpc) is 2.37. The van der Waals surface area contributed by atoms with Crippen molar-refractivity contribution in [1.29, 1.82) is 0 Å². The molecule has 0 unspecified atom stereocenters. The lowest BCUT2D eigenvalue weighted by Gasteiger charge is -1.97. The Hall–Kier alpha value is -0.720. The molecule has 0 aromatic carbocycles. The molecule has 0 spiro atoms. The van der Waals surface area contributed by atoms with Crippen LogP contribution in [0.25, 0.3) is 0 Å². The number of aromatic amines is 1. The third kappa shape index (κ3) is 2.79. The molecule has 2 N–H and O–H groups in total. The van der Waals surface area contributed by atoms with Crippen molar-refractivity contribution in [2.45, 2.75) is 13.5 Å². The van der Waals surface area contributed by atoms with Gasteiger partial charge >= 0.3 is 4.87 Å². The first-order chi connectivity index (χ1) is 5.33. The molecule has 0 aliphatic heterocycles. The molecule has 0 saturated carbocycles. The Bertz CT molecular complexity index is 256. The number of hydroxylamine groups is 1. The molecule has 0 amide bonds. The number of nitrogens with one attached hydrogen (secondary N) is 2. The molecule has 0 bridgehead atoms. The number of rotatable bonds is 4. The van der Waals surface area contributed by atoms with Crippen molar-refractivity contribution in [2.24, 2.45) is 0 Å². The normalized spacial score (nSPS) is 10.3. The number of aromatic nitrogens is 2. The van der Waals surface area contributed by atoms with Gasteiger partial charge in [0.25, 0.3) is 0 Å². The summed E-state index contributed by atoms with van der Waals surface area (Å²) in [7, 11) is 0. The van der Waals surface area contributed by atoms with Gasteiger partial charge in [0.15, 0.2) is 0 Å². The summed E-state index contributed by atoms with van der Waals surface area (Å²) in [5.41, 5.74) is 2.65. The zero-order chi connectivity index (χ0) is 8.10. The molecule has 5 nitrogen and oxygen atoms in total. The Balaban J connectivity index is 2.33. The Morgan fingerprint density at radius 2 is 2.64 bits per heavy atom. The highest BCUT2D eigenvalue weighted by Crippen LogP contribution is 1.93. The SMILES string of the molecule is CCONCc1n[nH]c(=O)s1. The van der Waals surface area contributed by atoms with Crippen molar-refractivity contribution in [2.75, 3.05) is 6.61 Å². The fourth-order valence-electron chi connectivity index (χ4n) is 0.551. The highest BCUT2D eigenvalue weighted by atomic mass is 32.1. The van der Waals surface area contributed by atoms with Crippen LogP contribution >= 0.6 is 11.3 Å². The third-order valence-electron chi connectivity index (χ3n) is 0.952. The van der Waals surface area contributed by atoms with Gasteiger partial charge in [0.2, 0.25) is 0 Å². The quantitative estimate of drug-likeness (QED) is 0.494. The van der Waals surface area contributed by atoms with Crippen LogP contribution in [0.2, 0.25) is 0 Å². The first-order valence-electron chi connectivity index (χ1n) is 3.22. The van der Waals surface area contributed by atoms with Crippen LogP contribution < -0.4 is 10.4 Å². The average molecular weight is 175 g/mol. The van der Waals surface area contributed by atoms with Crippen LogP contribution in [0.3, 0.4) is 0 Å². The zero-order valence-electron chi connectivity index (χ0n) is 6.09. The lowest BCUT2D eigenvalue weighted by molar-refractivity contribution is 0.0462. The fourth-order valence-corrected chi connectivity index (χ4v) is 1.08. The summed E-state index contributed by atoms with van der Waals surface area (Å²) >= 11 is 1.07. The highest BCUT2D eigenvalue weighted by Gasteiger charge is 1.96. The van der Waals surface area contributed by atoms with Crippen LogP contribution in [0.5, 0.6) is 0 Å². The van der Waals surface area contributed by atoms with Gasteiger partial charge in [0, 0.05) is 0 Å². The second-order valence-corrected chi connectivity index (χ2v) is 2.81. The minimum absolute atomic E-state index is 0.140. The van der Waals surface area contributed by atoms with Gasteiger partial charge in [0.1, 0.15) is 5.01 Å². The first kappa shape index (κ1) is 8.38. The fraction of sp³-hybridized carbons (Fsp3) is 0.600. The van der Waals surface area contributed by atoms with E-state index in [1.54, 1.807) is 0 Å². The Labute approximate surface area is 67.4 Å². The van der Waals surface area contributed by atoms with Crippen LogP contribution in [-0.2, 0) is 11.4 Å². The Morgan fingerprint density at radius 3 is 3.18 bits per heavy atom. The maximum atomic E-state index is 10.6. The zero-order valence-corrected chi connectivity index (χ0v) is 6.90. The van der Waals surface area contributed by atoms with E-state index in [1.165, 1.54) is 0 Å². The van der Waals surface area contributed by atoms with Crippen molar-refractivity contribution < 1.29 is 4.84 Å². The first-order valence-corrected chi connectivity index (χ1v) is 4.03. The molecular weight excluding hydrogens is 166 g/mol. The Kier molecular flexibility index (Phi) is 3.21.